The zero-order valence-electron chi connectivity index (χ0n) is 27.6. The van der Waals surface area contributed by atoms with Crippen molar-refractivity contribution in [1.82, 2.24) is 4.90 Å². The van der Waals surface area contributed by atoms with Crippen LogP contribution < -0.4 is 5.73 Å². The smallest absolute Gasteiger partial charge is 0.433 e. The molecule has 0 amide bonds. The number of benzene rings is 4. The second kappa shape index (κ2) is 18.3. The van der Waals surface area contributed by atoms with Crippen LogP contribution in [-0.2, 0) is 48.9 Å². The van der Waals surface area contributed by atoms with Crippen LogP contribution >= 0.6 is 23.8 Å². The molecule has 4 aromatic carbocycles. The summed E-state index contributed by atoms with van der Waals surface area (Å²) in [6, 6.07) is 13.5. The zero-order valence-corrected chi connectivity index (χ0v) is 31.7. The summed E-state index contributed by atoms with van der Waals surface area (Å²) >= 11 is 1.24. The van der Waals surface area contributed by atoms with E-state index in [1.807, 2.05) is 17.9 Å². The number of thioether (sulfide) groups is 1. The standard InChI is InChI=1S/C29H28N6O14S5/c1-3-35(2)12-15-52(38,39)22-10-6-20(7-11-22)32-34-28-24(53(40,41)42)17-18-16-23(51-48-47-37)27(29(36)25(18)26(28)30)33-31-19-4-8-21(9-5-19)50-14-13-46-49-54(43,44)45/h4-11,16-17,36-37H,3,12,15,30H2,1-2H3,(H,40,41,42)(H,43,44,45). The third-order valence-corrected chi connectivity index (χ3v) is 11.1. The van der Waals surface area contributed by atoms with E-state index in [4.69, 9.17) is 15.5 Å². The maximum atomic E-state index is 12.7. The van der Waals surface area contributed by atoms with Gasteiger partial charge in [0.15, 0.2) is 21.7 Å². The summed E-state index contributed by atoms with van der Waals surface area (Å²) in [6.07, 6.45) is 1.90. The average Bonchev–Trinajstić information content (AvgIpc) is 3.11. The summed E-state index contributed by atoms with van der Waals surface area (Å²) in [6.45, 7) is 2.89. The van der Waals surface area contributed by atoms with Gasteiger partial charge in [-0.15, -0.1) is 14.6 Å². The molecule has 0 saturated heterocycles. The van der Waals surface area contributed by atoms with Gasteiger partial charge in [0.05, 0.1) is 50.0 Å². The SMILES string of the molecule is CCN(C)CCS(=O)(=O)c1ccc(N=Nc2c(S(=O)(=O)O)cc3cc(SOOO)c(N=Nc4ccc(SC#COOS(=O)(=O)O)cc4)c(O)c3c2N)cc1. The first-order chi connectivity index (χ1) is 25.4. The summed E-state index contributed by atoms with van der Waals surface area (Å²) in [4.78, 5) is 5.57. The Labute approximate surface area is 316 Å². The van der Waals surface area contributed by atoms with Crippen LogP contribution in [0.2, 0.25) is 0 Å². The quantitative estimate of drug-likeness (QED) is 0.0124. The molecule has 0 fully saturated rings. The van der Waals surface area contributed by atoms with Crippen molar-refractivity contribution in [2.24, 2.45) is 20.5 Å². The van der Waals surface area contributed by atoms with Crippen LogP contribution in [0, 0.1) is 11.4 Å². The maximum Gasteiger partial charge on any atom is 0.433 e. The molecule has 0 unspecified atom stereocenters. The summed E-state index contributed by atoms with van der Waals surface area (Å²) in [5, 5.41) is 41.9. The molecule has 4 rings (SSSR count). The van der Waals surface area contributed by atoms with Crippen molar-refractivity contribution in [3.63, 3.8) is 0 Å². The third kappa shape index (κ3) is 11.5. The van der Waals surface area contributed by atoms with Crippen molar-refractivity contribution in [3.05, 3.63) is 60.7 Å². The van der Waals surface area contributed by atoms with E-state index in [0.29, 0.717) is 30.0 Å². The van der Waals surface area contributed by atoms with Gasteiger partial charge < -0.3 is 15.7 Å². The first-order valence-electron chi connectivity index (χ1n) is 14.6. The van der Waals surface area contributed by atoms with Crippen molar-refractivity contribution < 1.29 is 63.3 Å². The van der Waals surface area contributed by atoms with Crippen LogP contribution in [0.4, 0.5) is 28.4 Å². The van der Waals surface area contributed by atoms with Gasteiger partial charge in [-0.05, 0) is 95.7 Å². The molecule has 54 heavy (non-hydrogen) atoms. The molecule has 0 aliphatic carbocycles. The van der Waals surface area contributed by atoms with Gasteiger partial charge in [-0.3, -0.25) is 14.0 Å². The highest BCUT2D eigenvalue weighted by atomic mass is 32.3. The van der Waals surface area contributed by atoms with Crippen molar-refractivity contribution >= 4 is 93.4 Å². The number of sulfone groups is 1. The minimum Gasteiger partial charge on any atom is -0.505 e. The van der Waals surface area contributed by atoms with E-state index in [1.54, 1.807) is 19.2 Å². The number of fused-ring (bicyclic) bond motifs is 1. The molecule has 20 nitrogen and oxygen atoms in total. The fraction of sp³-hybridized carbons (Fsp3) is 0.172. The number of phenols is 1. The molecule has 288 valence electrons. The molecule has 0 bridgehead atoms. The Bertz CT molecular complexity index is 2460. The molecule has 0 spiro atoms. The Kier molecular flexibility index (Phi) is 14.3. The number of rotatable bonds is 16. The Balaban J connectivity index is 1.70. The lowest BCUT2D eigenvalue weighted by Crippen LogP contribution is -2.25. The highest BCUT2D eigenvalue weighted by molar-refractivity contribution is 8.04. The minimum atomic E-state index is -5.01. The molecule has 25 heteroatoms. The highest BCUT2D eigenvalue weighted by Gasteiger charge is 2.25. The Hall–Kier alpha value is -4.43. The molecule has 0 aliphatic rings. The number of azo groups is 2. The van der Waals surface area contributed by atoms with Crippen LogP contribution in [0.1, 0.15) is 6.92 Å². The third-order valence-electron chi connectivity index (χ3n) is 6.96. The molecular formula is C29H28N6O14S5. The number of aromatic hydroxyl groups is 1. The fourth-order valence-corrected chi connectivity index (χ4v) is 7.34. The largest absolute Gasteiger partial charge is 0.505 e. The number of hydrogen-bond acceptors (Lipinski definition) is 20. The molecular weight excluding hydrogens is 817 g/mol. The lowest BCUT2D eigenvalue weighted by Gasteiger charge is -2.14. The predicted octanol–water partition coefficient (Wildman–Crippen LogP) is 6.12. The molecule has 6 N–H and O–H groups in total. The van der Waals surface area contributed by atoms with Crippen LogP contribution in [0.5, 0.6) is 5.75 Å². The Morgan fingerprint density at radius 3 is 2.07 bits per heavy atom. The molecule has 0 atom stereocenters. The van der Waals surface area contributed by atoms with E-state index in [1.165, 1.54) is 42.5 Å². The van der Waals surface area contributed by atoms with Crippen molar-refractivity contribution in [2.75, 3.05) is 31.6 Å². The summed E-state index contributed by atoms with van der Waals surface area (Å²) < 4.78 is 97.9. The average molecular weight is 845 g/mol. The number of phenolic OH excluding ortho intramolecular Hbond substituents is 1. The van der Waals surface area contributed by atoms with Crippen LogP contribution in [0.15, 0.2) is 101 Å². The summed E-state index contributed by atoms with van der Waals surface area (Å²) in [5.74, 6) is -0.776. The summed E-state index contributed by atoms with van der Waals surface area (Å²) in [7, 11) is -11.7. The normalized spacial score (nSPS) is 12.5. The molecule has 0 heterocycles. The van der Waals surface area contributed by atoms with Gasteiger partial charge in [0.25, 0.3) is 10.1 Å². The molecule has 0 aromatic heterocycles. The van der Waals surface area contributed by atoms with Gasteiger partial charge >= 0.3 is 10.4 Å². The first kappa shape index (κ1) is 42.3. The van der Waals surface area contributed by atoms with E-state index in [2.05, 4.69) is 44.3 Å². The monoisotopic (exact) mass is 844 g/mol. The van der Waals surface area contributed by atoms with Gasteiger partial charge in [0, 0.05) is 16.7 Å². The predicted molar refractivity (Wildman–Crippen MR) is 194 cm³/mol. The van der Waals surface area contributed by atoms with Gasteiger partial charge in [-0.25, -0.2) is 13.7 Å². The Morgan fingerprint density at radius 2 is 1.50 bits per heavy atom. The lowest BCUT2D eigenvalue weighted by molar-refractivity contribution is -0.432. The molecule has 0 aliphatic heterocycles. The maximum absolute atomic E-state index is 12.7. The van der Waals surface area contributed by atoms with Crippen LogP contribution in [0.25, 0.3) is 10.8 Å². The molecule has 0 saturated carbocycles. The van der Waals surface area contributed by atoms with E-state index >= 15 is 0 Å². The number of nitrogen functional groups attached to an aromatic ring is 1. The number of nitrogens with two attached hydrogens (primary N) is 1. The van der Waals surface area contributed by atoms with Crippen LogP contribution in [0.3, 0.4) is 0 Å². The molecule has 4 aromatic rings. The van der Waals surface area contributed by atoms with E-state index in [-0.39, 0.29) is 43.4 Å². The fourth-order valence-electron chi connectivity index (χ4n) is 4.25. The van der Waals surface area contributed by atoms with Gasteiger partial charge in [0.2, 0.25) is 0 Å². The second-order valence-electron chi connectivity index (χ2n) is 10.5. The van der Waals surface area contributed by atoms with E-state index in [0.717, 1.165) is 17.8 Å². The zero-order chi connectivity index (χ0) is 39.7. The van der Waals surface area contributed by atoms with Crippen molar-refractivity contribution in [1.29, 1.82) is 0 Å². The Morgan fingerprint density at radius 1 is 0.889 bits per heavy atom. The van der Waals surface area contributed by atoms with Gasteiger partial charge in [-0.1, -0.05) is 12.0 Å². The van der Waals surface area contributed by atoms with E-state index in [9.17, 15) is 34.9 Å². The first-order valence-corrected chi connectivity index (χ1v) is 20.6. The number of hydrogen-bond donors (Lipinski definition) is 5. The van der Waals surface area contributed by atoms with Gasteiger partial charge in [-0.2, -0.15) is 27.1 Å². The minimum absolute atomic E-state index is 0.0342. The van der Waals surface area contributed by atoms with E-state index < -0.39 is 52.4 Å². The van der Waals surface area contributed by atoms with Crippen LogP contribution in [-0.4, -0.2) is 75.5 Å². The molecule has 0 radical (unpaired) electrons. The number of anilines is 1. The topological polar surface area (TPSA) is 299 Å². The summed E-state index contributed by atoms with van der Waals surface area (Å²) in [5.41, 5.74) is 5.36. The number of nitrogens with zero attached hydrogens (tertiary/aromatic N) is 5. The van der Waals surface area contributed by atoms with Crippen molar-refractivity contribution in [2.45, 2.75) is 26.5 Å². The lowest BCUT2D eigenvalue weighted by atomic mass is 10.1. The second-order valence-corrected chi connectivity index (χ2v) is 16.6. The van der Waals surface area contributed by atoms with Gasteiger partial charge in [0.1, 0.15) is 16.3 Å². The highest BCUT2D eigenvalue weighted by Crippen LogP contribution is 2.49. The van der Waals surface area contributed by atoms with Crippen molar-refractivity contribution in [3.8, 4) is 17.1 Å².